The van der Waals surface area contributed by atoms with Crippen LogP contribution in [0.4, 0.5) is 5.69 Å². The van der Waals surface area contributed by atoms with E-state index in [0.29, 0.717) is 10.8 Å². The number of hydrogen-bond acceptors (Lipinski definition) is 2. The average molecular weight is 208 g/mol. The molecule has 0 atom stereocenters. The van der Waals surface area contributed by atoms with E-state index in [0.717, 1.165) is 11.4 Å². The molecule has 0 saturated heterocycles. The first-order valence-electron chi connectivity index (χ1n) is 4.26. The predicted molar refractivity (Wildman–Crippen MR) is 57.7 cm³/mol. The second kappa shape index (κ2) is 3.35. The van der Waals surface area contributed by atoms with Crippen molar-refractivity contribution >= 4 is 17.3 Å². The van der Waals surface area contributed by atoms with Gasteiger partial charge < -0.3 is 5.73 Å². The molecular weight excluding hydrogens is 198 g/mol. The summed E-state index contributed by atoms with van der Waals surface area (Å²) in [5, 5.41) is 4.71. The summed E-state index contributed by atoms with van der Waals surface area (Å²) in [6, 6.07) is 9.66. The van der Waals surface area contributed by atoms with Gasteiger partial charge in [-0.1, -0.05) is 29.8 Å². The molecule has 3 nitrogen and oxygen atoms in total. The summed E-state index contributed by atoms with van der Waals surface area (Å²) in [6.07, 6.45) is 0. The third kappa shape index (κ3) is 1.36. The Balaban J connectivity index is 2.58. The monoisotopic (exact) mass is 207 g/mol. The fourth-order valence-corrected chi connectivity index (χ4v) is 1.52. The summed E-state index contributed by atoms with van der Waals surface area (Å²) in [7, 11) is 0. The van der Waals surface area contributed by atoms with Crippen LogP contribution in [0.15, 0.2) is 30.3 Å². The molecular formula is C10H10ClN3. The SMILES string of the molecule is Cc1nn(-c2ccccc2)c(Cl)c1N. The molecule has 0 saturated carbocycles. The maximum absolute atomic E-state index is 6.02. The zero-order chi connectivity index (χ0) is 10.1. The lowest BCUT2D eigenvalue weighted by atomic mass is 10.3. The van der Waals surface area contributed by atoms with Crippen LogP contribution in [-0.4, -0.2) is 9.78 Å². The highest BCUT2D eigenvalue weighted by molar-refractivity contribution is 6.32. The standard InChI is InChI=1S/C10H10ClN3/c1-7-9(12)10(11)14(13-7)8-5-3-2-4-6-8/h2-6H,12H2,1H3. The fourth-order valence-electron chi connectivity index (χ4n) is 1.25. The number of halogens is 1. The summed E-state index contributed by atoms with van der Waals surface area (Å²) in [6.45, 7) is 1.83. The minimum absolute atomic E-state index is 0.466. The molecule has 2 rings (SSSR count). The molecule has 0 aliphatic carbocycles. The van der Waals surface area contributed by atoms with Gasteiger partial charge in [-0.05, 0) is 19.1 Å². The van der Waals surface area contributed by atoms with Gasteiger partial charge in [0.2, 0.25) is 0 Å². The number of rotatable bonds is 1. The Labute approximate surface area is 87.1 Å². The number of para-hydroxylation sites is 1. The summed E-state index contributed by atoms with van der Waals surface area (Å²) in [5.74, 6) is 0. The summed E-state index contributed by atoms with van der Waals surface area (Å²) < 4.78 is 1.63. The Morgan fingerprint density at radius 1 is 1.29 bits per heavy atom. The normalized spacial score (nSPS) is 10.4. The number of hydrogen-bond donors (Lipinski definition) is 1. The molecule has 0 radical (unpaired) electrons. The molecule has 1 aromatic carbocycles. The van der Waals surface area contributed by atoms with Crippen LogP contribution in [0.25, 0.3) is 5.69 Å². The molecule has 0 amide bonds. The first kappa shape index (κ1) is 9.09. The minimum atomic E-state index is 0.466. The first-order valence-corrected chi connectivity index (χ1v) is 4.64. The second-order valence-electron chi connectivity index (χ2n) is 3.04. The van der Waals surface area contributed by atoms with Crippen LogP contribution in [0.2, 0.25) is 5.15 Å². The lowest BCUT2D eigenvalue weighted by Gasteiger charge is -2.01. The maximum Gasteiger partial charge on any atom is 0.156 e. The van der Waals surface area contributed by atoms with Crippen molar-refractivity contribution in [2.45, 2.75) is 6.92 Å². The van der Waals surface area contributed by atoms with Gasteiger partial charge in [-0.3, -0.25) is 0 Å². The second-order valence-corrected chi connectivity index (χ2v) is 3.40. The Bertz CT molecular complexity index is 448. The molecule has 1 aromatic heterocycles. The van der Waals surface area contributed by atoms with E-state index in [9.17, 15) is 0 Å². The van der Waals surface area contributed by atoms with Gasteiger partial charge in [0.15, 0.2) is 5.15 Å². The van der Waals surface area contributed by atoms with Crippen LogP contribution in [0.1, 0.15) is 5.69 Å². The molecule has 4 heteroatoms. The van der Waals surface area contributed by atoms with Crippen molar-refractivity contribution in [3.8, 4) is 5.69 Å². The van der Waals surface area contributed by atoms with E-state index in [1.807, 2.05) is 37.3 Å². The van der Waals surface area contributed by atoms with E-state index in [1.54, 1.807) is 4.68 Å². The predicted octanol–water partition coefficient (Wildman–Crippen LogP) is 2.42. The Hall–Kier alpha value is -1.48. The molecule has 72 valence electrons. The van der Waals surface area contributed by atoms with Crippen LogP contribution < -0.4 is 5.73 Å². The van der Waals surface area contributed by atoms with Crippen LogP contribution in [0.5, 0.6) is 0 Å². The van der Waals surface area contributed by atoms with Crippen LogP contribution in [-0.2, 0) is 0 Å². The van der Waals surface area contributed by atoms with Crippen molar-refractivity contribution < 1.29 is 0 Å². The van der Waals surface area contributed by atoms with Crippen molar-refractivity contribution in [1.29, 1.82) is 0 Å². The lowest BCUT2D eigenvalue weighted by Crippen LogP contribution is -1.96. The highest BCUT2D eigenvalue weighted by atomic mass is 35.5. The van der Waals surface area contributed by atoms with Gasteiger partial charge in [-0.2, -0.15) is 5.10 Å². The molecule has 2 N–H and O–H groups in total. The Kier molecular flexibility index (Phi) is 2.17. The van der Waals surface area contributed by atoms with Gasteiger partial charge in [-0.25, -0.2) is 4.68 Å². The van der Waals surface area contributed by atoms with E-state index in [4.69, 9.17) is 17.3 Å². The molecule has 0 unspecified atom stereocenters. The zero-order valence-electron chi connectivity index (χ0n) is 7.74. The number of aryl methyl sites for hydroxylation is 1. The molecule has 0 aliphatic heterocycles. The molecule has 0 aliphatic rings. The van der Waals surface area contributed by atoms with Gasteiger partial charge in [0.05, 0.1) is 17.1 Å². The highest BCUT2D eigenvalue weighted by Gasteiger charge is 2.10. The molecule has 0 bridgehead atoms. The summed E-state index contributed by atoms with van der Waals surface area (Å²) >= 11 is 6.02. The number of nitrogen functional groups attached to an aromatic ring is 1. The molecule has 0 fully saturated rings. The third-order valence-corrected chi connectivity index (χ3v) is 2.41. The Morgan fingerprint density at radius 2 is 1.93 bits per heavy atom. The van der Waals surface area contributed by atoms with Crippen molar-refractivity contribution in [1.82, 2.24) is 9.78 Å². The summed E-state index contributed by atoms with van der Waals surface area (Å²) in [5.41, 5.74) is 7.93. The van der Waals surface area contributed by atoms with Crippen LogP contribution in [0.3, 0.4) is 0 Å². The van der Waals surface area contributed by atoms with E-state index in [1.165, 1.54) is 0 Å². The van der Waals surface area contributed by atoms with Gasteiger partial charge in [0.25, 0.3) is 0 Å². The molecule has 0 spiro atoms. The van der Waals surface area contributed by atoms with Gasteiger partial charge in [0, 0.05) is 0 Å². The number of anilines is 1. The maximum atomic E-state index is 6.02. The molecule has 1 heterocycles. The van der Waals surface area contributed by atoms with Crippen molar-refractivity contribution in [2.24, 2.45) is 0 Å². The smallest absolute Gasteiger partial charge is 0.156 e. The topological polar surface area (TPSA) is 43.8 Å². The van der Waals surface area contributed by atoms with Crippen LogP contribution >= 0.6 is 11.6 Å². The largest absolute Gasteiger partial charge is 0.395 e. The lowest BCUT2D eigenvalue weighted by molar-refractivity contribution is 0.863. The number of aromatic nitrogens is 2. The first-order chi connectivity index (χ1) is 6.70. The van der Waals surface area contributed by atoms with Crippen LogP contribution in [0, 0.1) is 6.92 Å². The molecule has 2 aromatic rings. The Morgan fingerprint density at radius 3 is 2.43 bits per heavy atom. The zero-order valence-corrected chi connectivity index (χ0v) is 8.49. The minimum Gasteiger partial charge on any atom is -0.395 e. The number of benzene rings is 1. The van der Waals surface area contributed by atoms with Gasteiger partial charge in [-0.15, -0.1) is 0 Å². The molecule has 14 heavy (non-hydrogen) atoms. The average Bonchev–Trinajstić information content (AvgIpc) is 2.47. The van der Waals surface area contributed by atoms with E-state index < -0.39 is 0 Å². The van der Waals surface area contributed by atoms with Gasteiger partial charge in [0.1, 0.15) is 0 Å². The van der Waals surface area contributed by atoms with Crippen molar-refractivity contribution in [3.63, 3.8) is 0 Å². The van der Waals surface area contributed by atoms with Crippen molar-refractivity contribution in [2.75, 3.05) is 5.73 Å². The third-order valence-electron chi connectivity index (χ3n) is 2.05. The van der Waals surface area contributed by atoms with Gasteiger partial charge >= 0.3 is 0 Å². The van der Waals surface area contributed by atoms with E-state index in [2.05, 4.69) is 5.10 Å². The highest BCUT2D eigenvalue weighted by Crippen LogP contribution is 2.24. The van der Waals surface area contributed by atoms with E-state index in [-0.39, 0.29) is 0 Å². The van der Waals surface area contributed by atoms with Crippen molar-refractivity contribution in [3.05, 3.63) is 41.2 Å². The quantitative estimate of drug-likeness (QED) is 0.781. The number of nitrogens with two attached hydrogens (primary N) is 1. The fraction of sp³-hybridized carbons (Fsp3) is 0.100. The van der Waals surface area contributed by atoms with E-state index >= 15 is 0 Å². The summed E-state index contributed by atoms with van der Waals surface area (Å²) in [4.78, 5) is 0. The number of nitrogens with zero attached hydrogens (tertiary/aromatic N) is 2.